The second kappa shape index (κ2) is 5.62. The van der Waals surface area contributed by atoms with Crippen LogP contribution in [-0.2, 0) is 20.2 Å². The first-order chi connectivity index (χ1) is 11.8. The molecule has 1 aliphatic carbocycles. The minimum absolute atomic E-state index is 0.00774. The molecule has 0 radical (unpaired) electrons. The van der Waals surface area contributed by atoms with Gasteiger partial charge in [0, 0.05) is 5.69 Å². The van der Waals surface area contributed by atoms with Crippen LogP contribution in [0.2, 0.25) is 10.0 Å². The van der Waals surface area contributed by atoms with Crippen LogP contribution in [0.5, 0.6) is 0 Å². The second-order valence-corrected chi connectivity index (χ2v) is 8.74. The van der Waals surface area contributed by atoms with E-state index in [-0.39, 0.29) is 20.8 Å². The summed E-state index contributed by atoms with van der Waals surface area (Å²) in [6, 6.07) is 9.53. The van der Waals surface area contributed by atoms with Gasteiger partial charge in [0.2, 0.25) is 5.91 Å². The smallest absolute Gasteiger partial charge is 0.263 e. The molecule has 4 rings (SSSR count). The molecule has 130 valence electrons. The van der Waals surface area contributed by atoms with Gasteiger partial charge in [-0.25, -0.2) is 8.42 Å². The molecule has 0 atom stereocenters. The van der Waals surface area contributed by atoms with Gasteiger partial charge < -0.3 is 5.32 Å². The molecule has 1 saturated carbocycles. The maximum Gasteiger partial charge on any atom is 0.263 e. The Morgan fingerprint density at radius 2 is 1.88 bits per heavy atom. The summed E-state index contributed by atoms with van der Waals surface area (Å²) in [7, 11) is -3.90. The van der Waals surface area contributed by atoms with Gasteiger partial charge >= 0.3 is 0 Å². The van der Waals surface area contributed by atoms with Crippen LogP contribution in [0.25, 0.3) is 0 Å². The summed E-state index contributed by atoms with van der Waals surface area (Å²) < 4.78 is 27.7. The average molecular weight is 397 g/mol. The highest BCUT2D eigenvalue weighted by Gasteiger charge is 2.50. The summed E-state index contributed by atoms with van der Waals surface area (Å²) in [6.45, 7) is 0. The summed E-state index contributed by atoms with van der Waals surface area (Å²) >= 11 is 11.9. The van der Waals surface area contributed by atoms with E-state index in [9.17, 15) is 13.2 Å². The van der Waals surface area contributed by atoms with Crippen molar-refractivity contribution in [3.63, 3.8) is 0 Å². The Bertz CT molecular complexity index is 1000. The van der Waals surface area contributed by atoms with E-state index in [4.69, 9.17) is 23.2 Å². The van der Waals surface area contributed by atoms with Crippen LogP contribution in [0.1, 0.15) is 24.8 Å². The lowest BCUT2D eigenvalue weighted by Crippen LogP contribution is -2.40. The van der Waals surface area contributed by atoms with Gasteiger partial charge in [-0.05, 0) is 42.7 Å². The first-order valence-corrected chi connectivity index (χ1v) is 10.0. The van der Waals surface area contributed by atoms with Crippen molar-refractivity contribution in [3.8, 4) is 0 Å². The zero-order valence-electron chi connectivity index (χ0n) is 13.0. The SMILES string of the molecule is O=C1Nc2cc(NS(=O)(=O)c3cccc(Cl)c3Cl)ccc2C12CCC2. The number of anilines is 2. The molecule has 2 N–H and O–H groups in total. The minimum Gasteiger partial charge on any atom is -0.325 e. The van der Waals surface area contributed by atoms with Gasteiger partial charge in [-0.3, -0.25) is 9.52 Å². The molecule has 1 aliphatic heterocycles. The van der Waals surface area contributed by atoms with E-state index in [2.05, 4.69) is 10.0 Å². The van der Waals surface area contributed by atoms with Crippen LogP contribution in [0.4, 0.5) is 11.4 Å². The molecule has 2 aromatic carbocycles. The van der Waals surface area contributed by atoms with Crippen molar-refractivity contribution < 1.29 is 13.2 Å². The van der Waals surface area contributed by atoms with Crippen molar-refractivity contribution in [2.24, 2.45) is 0 Å². The third kappa shape index (κ3) is 2.51. The van der Waals surface area contributed by atoms with Crippen molar-refractivity contribution in [2.45, 2.75) is 29.6 Å². The molecule has 0 bridgehead atoms. The largest absolute Gasteiger partial charge is 0.325 e. The number of amides is 1. The highest BCUT2D eigenvalue weighted by molar-refractivity contribution is 7.92. The number of sulfonamides is 1. The van der Waals surface area contributed by atoms with Crippen molar-refractivity contribution in [2.75, 3.05) is 10.0 Å². The molecule has 0 saturated heterocycles. The van der Waals surface area contributed by atoms with Crippen LogP contribution < -0.4 is 10.0 Å². The van der Waals surface area contributed by atoms with Crippen molar-refractivity contribution >= 4 is 50.5 Å². The second-order valence-electron chi connectivity index (χ2n) is 6.31. The lowest BCUT2D eigenvalue weighted by Gasteiger charge is -2.36. The van der Waals surface area contributed by atoms with Gasteiger partial charge in [-0.15, -0.1) is 0 Å². The van der Waals surface area contributed by atoms with Gasteiger partial charge in [0.25, 0.3) is 10.0 Å². The first kappa shape index (κ1) is 16.7. The van der Waals surface area contributed by atoms with E-state index in [0.717, 1.165) is 24.8 Å². The fourth-order valence-corrected chi connectivity index (χ4v) is 5.23. The standard InChI is InChI=1S/C17H14Cl2N2O3S/c18-12-3-1-4-14(15(12)19)25(23,24)21-10-5-6-11-13(9-10)20-16(22)17(11)7-2-8-17/h1,3-6,9,21H,2,7-8H2,(H,20,22). The van der Waals surface area contributed by atoms with E-state index < -0.39 is 15.4 Å². The molecule has 1 heterocycles. The number of fused-ring (bicyclic) bond motifs is 2. The molecule has 1 spiro atoms. The molecular weight excluding hydrogens is 383 g/mol. The Labute approximate surface area is 155 Å². The number of benzene rings is 2. The van der Waals surface area contributed by atoms with Crippen LogP contribution >= 0.6 is 23.2 Å². The highest BCUT2D eigenvalue weighted by Crippen LogP contribution is 2.51. The molecule has 1 fully saturated rings. The van der Waals surface area contributed by atoms with E-state index in [0.29, 0.717) is 11.4 Å². The topological polar surface area (TPSA) is 75.3 Å². The quantitative estimate of drug-likeness (QED) is 0.817. The van der Waals surface area contributed by atoms with Crippen LogP contribution in [0.3, 0.4) is 0 Å². The minimum atomic E-state index is -3.90. The fraction of sp³-hybridized carbons (Fsp3) is 0.235. The summed E-state index contributed by atoms with van der Waals surface area (Å²) in [5.74, 6) is -0.00774. The average Bonchev–Trinajstić information content (AvgIpc) is 2.80. The van der Waals surface area contributed by atoms with Crippen LogP contribution in [-0.4, -0.2) is 14.3 Å². The monoisotopic (exact) mass is 396 g/mol. The Morgan fingerprint density at radius 1 is 1.12 bits per heavy atom. The first-order valence-electron chi connectivity index (χ1n) is 7.76. The van der Waals surface area contributed by atoms with E-state index >= 15 is 0 Å². The third-order valence-electron chi connectivity index (χ3n) is 4.88. The molecule has 5 nitrogen and oxygen atoms in total. The summed E-state index contributed by atoms with van der Waals surface area (Å²) in [5, 5.41) is 2.99. The van der Waals surface area contributed by atoms with E-state index in [1.165, 1.54) is 18.2 Å². The summed E-state index contributed by atoms with van der Waals surface area (Å²) in [6.07, 6.45) is 2.68. The van der Waals surface area contributed by atoms with Crippen LogP contribution in [0.15, 0.2) is 41.3 Å². The fourth-order valence-electron chi connectivity index (χ4n) is 3.42. The van der Waals surface area contributed by atoms with Crippen molar-refractivity contribution in [1.82, 2.24) is 0 Å². The van der Waals surface area contributed by atoms with E-state index in [1.807, 2.05) is 6.07 Å². The molecular formula is C17H14Cl2N2O3S. The number of hydrogen-bond acceptors (Lipinski definition) is 3. The van der Waals surface area contributed by atoms with Gasteiger partial charge in [-0.2, -0.15) is 0 Å². The molecule has 8 heteroatoms. The van der Waals surface area contributed by atoms with Crippen molar-refractivity contribution in [3.05, 3.63) is 52.0 Å². The van der Waals surface area contributed by atoms with Gasteiger partial charge in [0.1, 0.15) is 4.90 Å². The van der Waals surface area contributed by atoms with Crippen LogP contribution in [0, 0.1) is 0 Å². The molecule has 2 aliphatic rings. The van der Waals surface area contributed by atoms with Gasteiger partial charge in [0.05, 0.1) is 21.1 Å². The van der Waals surface area contributed by atoms with Gasteiger partial charge in [0.15, 0.2) is 0 Å². The highest BCUT2D eigenvalue weighted by atomic mass is 35.5. The molecule has 0 unspecified atom stereocenters. The summed E-state index contributed by atoms with van der Waals surface area (Å²) in [4.78, 5) is 12.2. The normalized spacial score (nSPS) is 17.8. The number of nitrogens with one attached hydrogen (secondary N) is 2. The number of rotatable bonds is 3. The lowest BCUT2D eigenvalue weighted by molar-refractivity contribution is -0.123. The number of carbonyl (C=O) groups excluding carboxylic acids is 1. The van der Waals surface area contributed by atoms with Gasteiger partial charge in [-0.1, -0.05) is 41.8 Å². The number of halogens is 2. The van der Waals surface area contributed by atoms with E-state index in [1.54, 1.807) is 12.1 Å². The maximum absolute atomic E-state index is 12.6. The zero-order chi connectivity index (χ0) is 17.8. The lowest BCUT2D eigenvalue weighted by atomic mass is 9.65. The Hall–Kier alpha value is -1.76. The predicted octanol–water partition coefficient (Wildman–Crippen LogP) is 4.17. The Morgan fingerprint density at radius 3 is 2.56 bits per heavy atom. The number of hydrogen-bond donors (Lipinski definition) is 2. The zero-order valence-corrected chi connectivity index (χ0v) is 15.3. The molecule has 25 heavy (non-hydrogen) atoms. The number of carbonyl (C=O) groups is 1. The molecule has 2 aromatic rings. The predicted molar refractivity (Wildman–Crippen MR) is 97.9 cm³/mol. The molecule has 1 amide bonds. The maximum atomic E-state index is 12.6. The molecule has 0 aromatic heterocycles. The van der Waals surface area contributed by atoms with Crippen molar-refractivity contribution in [1.29, 1.82) is 0 Å². The Kier molecular flexibility index (Phi) is 3.76. The Balaban J connectivity index is 1.67. The summed E-state index contributed by atoms with van der Waals surface area (Å²) in [5.41, 5.74) is 1.52. The third-order valence-corrected chi connectivity index (χ3v) is 7.24.